The van der Waals surface area contributed by atoms with E-state index in [0.717, 1.165) is 18.6 Å². The second-order valence-electron chi connectivity index (χ2n) is 2.78. The summed E-state index contributed by atoms with van der Waals surface area (Å²) in [6.07, 6.45) is 2.93. The van der Waals surface area contributed by atoms with Crippen molar-refractivity contribution in [1.82, 2.24) is 0 Å². The molecule has 0 aliphatic carbocycles. The third-order valence-corrected chi connectivity index (χ3v) is 2.51. The number of rotatable bonds is 5. The predicted octanol–water partition coefficient (Wildman–Crippen LogP) is 2.00. The average Bonchev–Trinajstić information content (AvgIpc) is 2.19. The summed E-state index contributed by atoms with van der Waals surface area (Å²) < 4.78 is 5.46. The molecule has 0 fully saturated rings. The molecule has 0 amide bonds. The van der Waals surface area contributed by atoms with E-state index in [-0.39, 0.29) is 0 Å². The van der Waals surface area contributed by atoms with Crippen LogP contribution in [0.15, 0.2) is 30.8 Å². The van der Waals surface area contributed by atoms with E-state index in [0.29, 0.717) is 9.76 Å². The van der Waals surface area contributed by atoms with Crippen LogP contribution in [0.3, 0.4) is 0 Å². The summed E-state index contributed by atoms with van der Waals surface area (Å²) in [6.45, 7) is 6.69. The summed E-state index contributed by atoms with van der Waals surface area (Å²) >= 11 is 0. The van der Waals surface area contributed by atoms with Crippen molar-refractivity contribution < 1.29 is 4.43 Å². The Morgan fingerprint density at radius 3 is 3.08 bits per heavy atom. The van der Waals surface area contributed by atoms with Gasteiger partial charge in [-0.2, -0.15) is 0 Å². The van der Waals surface area contributed by atoms with Gasteiger partial charge in [-0.1, -0.05) is 43.8 Å². The quantitative estimate of drug-likeness (QED) is 0.510. The van der Waals surface area contributed by atoms with Crippen LogP contribution in [0.25, 0.3) is 6.08 Å². The average molecular weight is 190 g/mol. The summed E-state index contributed by atoms with van der Waals surface area (Å²) in [7, 11) is 0.463. The highest BCUT2D eigenvalue weighted by Gasteiger charge is 1.95. The van der Waals surface area contributed by atoms with Crippen LogP contribution in [0.4, 0.5) is 0 Å². The predicted molar refractivity (Wildman–Crippen MR) is 58.2 cm³/mol. The first kappa shape index (κ1) is 10.2. The Labute approximate surface area is 82.4 Å². The second-order valence-corrected chi connectivity index (χ2v) is 3.85. The summed E-state index contributed by atoms with van der Waals surface area (Å²) in [5.41, 5.74) is 1.16. The molecule has 0 saturated carbocycles. The first-order chi connectivity index (χ1) is 6.36. The smallest absolute Gasteiger partial charge is 0.268 e. The summed E-state index contributed by atoms with van der Waals surface area (Å²) in [6, 6.07) is 8.28. The van der Waals surface area contributed by atoms with Gasteiger partial charge in [0.1, 0.15) is 0 Å². The lowest BCUT2D eigenvalue weighted by Gasteiger charge is -2.01. The van der Waals surface area contributed by atoms with Gasteiger partial charge in [-0.3, -0.25) is 0 Å². The zero-order chi connectivity index (χ0) is 9.52. The lowest BCUT2D eigenvalue weighted by molar-refractivity contribution is 0.341. The number of benzene rings is 1. The Morgan fingerprint density at radius 2 is 2.38 bits per heavy atom. The molecule has 1 nitrogen and oxygen atoms in total. The fraction of sp³-hybridized carbons (Fsp3) is 0.273. The molecule has 68 valence electrons. The fourth-order valence-electron chi connectivity index (χ4n) is 0.966. The highest BCUT2D eigenvalue weighted by Crippen LogP contribution is 1.97. The standard InChI is InChI=1S/C11H14OSi/c1-3-8-12-13-11-7-5-6-10(4-2)9-11/h4-7,9H,2-3,8H2,1H3. The lowest BCUT2D eigenvalue weighted by atomic mass is 10.2. The Kier molecular flexibility index (Phi) is 4.50. The van der Waals surface area contributed by atoms with Crippen molar-refractivity contribution in [2.24, 2.45) is 0 Å². The summed E-state index contributed by atoms with van der Waals surface area (Å²) in [5.74, 6) is 0. The minimum Gasteiger partial charge on any atom is -0.411 e. The van der Waals surface area contributed by atoms with E-state index in [1.807, 2.05) is 18.2 Å². The third-order valence-electron chi connectivity index (χ3n) is 1.62. The molecular formula is C11H14OSi. The van der Waals surface area contributed by atoms with Gasteiger partial charge in [-0.15, -0.1) is 0 Å². The lowest BCUT2D eigenvalue weighted by Crippen LogP contribution is -2.17. The van der Waals surface area contributed by atoms with Crippen molar-refractivity contribution in [1.29, 1.82) is 0 Å². The van der Waals surface area contributed by atoms with Gasteiger partial charge in [0, 0.05) is 6.61 Å². The molecule has 13 heavy (non-hydrogen) atoms. The molecule has 0 unspecified atom stereocenters. The third kappa shape index (κ3) is 3.57. The zero-order valence-electron chi connectivity index (χ0n) is 7.92. The highest BCUT2D eigenvalue weighted by molar-refractivity contribution is 6.46. The van der Waals surface area contributed by atoms with E-state index in [2.05, 4.69) is 25.6 Å². The molecule has 1 rings (SSSR count). The van der Waals surface area contributed by atoms with Crippen molar-refractivity contribution in [2.75, 3.05) is 6.61 Å². The molecule has 0 saturated heterocycles. The molecule has 1 aromatic carbocycles. The molecule has 0 N–H and O–H groups in total. The largest absolute Gasteiger partial charge is 0.411 e. The first-order valence-corrected chi connectivity index (χ1v) is 5.38. The molecule has 0 heterocycles. The molecule has 0 bridgehead atoms. The van der Waals surface area contributed by atoms with Crippen molar-refractivity contribution in [3.63, 3.8) is 0 Å². The number of hydrogen-bond acceptors (Lipinski definition) is 1. The topological polar surface area (TPSA) is 9.23 Å². The summed E-state index contributed by atoms with van der Waals surface area (Å²) in [5, 5.41) is 1.24. The van der Waals surface area contributed by atoms with Crippen LogP contribution in [0.2, 0.25) is 0 Å². The van der Waals surface area contributed by atoms with Gasteiger partial charge < -0.3 is 4.43 Å². The van der Waals surface area contributed by atoms with E-state index in [1.54, 1.807) is 0 Å². The molecular weight excluding hydrogens is 176 g/mol. The van der Waals surface area contributed by atoms with Crippen LogP contribution in [-0.2, 0) is 4.43 Å². The van der Waals surface area contributed by atoms with Gasteiger partial charge >= 0.3 is 0 Å². The molecule has 0 aromatic heterocycles. The zero-order valence-corrected chi connectivity index (χ0v) is 8.92. The maximum Gasteiger partial charge on any atom is 0.268 e. The minimum atomic E-state index is 0.463. The van der Waals surface area contributed by atoms with E-state index < -0.39 is 0 Å². The first-order valence-electron chi connectivity index (χ1n) is 4.47. The van der Waals surface area contributed by atoms with Gasteiger partial charge in [0.25, 0.3) is 9.76 Å². The van der Waals surface area contributed by atoms with Crippen LogP contribution >= 0.6 is 0 Å². The van der Waals surface area contributed by atoms with Gasteiger partial charge in [0.2, 0.25) is 0 Å². The Hall–Kier alpha value is -0.863. The molecule has 0 aliphatic rings. The Balaban J connectivity index is 2.51. The monoisotopic (exact) mass is 190 g/mol. The highest BCUT2D eigenvalue weighted by atomic mass is 28.2. The minimum absolute atomic E-state index is 0.463. The van der Waals surface area contributed by atoms with E-state index >= 15 is 0 Å². The van der Waals surface area contributed by atoms with Crippen molar-refractivity contribution in [3.05, 3.63) is 36.4 Å². The van der Waals surface area contributed by atoms with Crippen molar-refractivity contribution in [3.8, 4) is 0 Å². The van der Waals surface area contributed by atoms with Crippen LogP contribution in [0, 0.1) is 0 Å². The molecule has 2 radical (unpaired) electrons. The SMILES string of the molecule is C=Cc1cccc([Si]OCCC)c1. The van der Waals surface area contributed by atoms with Crippen molar-refractivity contribution in [2.45, 2.75) is 13.3 Å². The molecule has 0 aliphatic heterocycles. The van der Waals surface area contributed by atoms with Gasteiger partial charge in [0.15, 0.2) is 0 Å². The Bertz CT molecular complexity index is 271. The maximum atomic E-state index is 5.46. The molecule has 2 heteroatoms. The van der Waals surface area contributed by atoms with Crippen LogP contribution in [0.5, 0.6) is 0 Å². The normalized spacial score (nSPS) is 9.92. The van der Waals surface area contributed by atoms with Crippen molar-refractivity contribution >= 4 is 21.0 Å². The van der Waals surface area contributed by atoms with Gasteiger partial charge in [0.05, 0.1) is 0 Å². The van der Waals surface area contributed by atoms with Crippen LogP contribution < -0.4 is 5.19 Å². The molecule has 0 atom stereocenters. The van der Waals surface area contributed by atoms with Gasteiger partial charge in [-0.25, -0.2) is 0 Å². The van der Waals surface area contributed by atoms with Gasteiger partial charge in [-0.05, 0) is 17.2 Å². The Morgan fingerprint density at radius 1 is 1.54 bits per heavy atom. The fourth-order valence-corrected chi connectivity index (χ4v) is 1.83. The second kappa shape index (κ2) is 5.73. The maximum absolute atomic E-state index is 5.46. The van der Waals surface area contributed by atoms with E-state index in [9.17, 15) is 0 Å². The molecule has 1 aromatic rings. The van der Waals surface area contributed by atoms with Crippen LogP contribution in [0.1, 0.15) is 18.9 Å². The van der Waals surface area contributed by atoms with E-state index in [1.165, 1.54) is 5.19 Å². The summed E-state index contributed by atoms with van der Waals surface area (Å²) in [4.78, 5) is 0. The van der Waals surface area contributed by atoms with Crippen LogP contribution in [-0.4, -0.2) is 16.4 Å². The van der Waals surface area contributed by atoms with E-state index in [4.69, 9.17) is 4.43 Å². The molecule has 0 spiro atoms. The number of hydrogen-bond donors (Lipinski definition) is 0.